The standard InChI is InChI=1S/C34H35N3O5/c1-24-12-4-5-13-25(24)26-14-6-7-15-27(26)33(39)36-29-17-9-8-16-28(29)34(40)37(2)30-18-10-11-19-31(30)42-23-22-35-21-20-32(38)41-3/h4-19,35H,20-23H2,1-3H3,(H,36,39). The molecule has 0 saturated carbocycles. The van der Waals surface area contributed by atoms with Crippen LogP contribution >= 0.6 is 0 Å². The van der Waals surface area contributed by atoms with E-state index < -0.39 is 0 Å². The molecule has 42 heavy (non-hydrogen) atoms. The zero-order valence-electron chi connectivity index (χ0n) is 24.1. The SMILES string of the molecule is COC(=O)CCNCCOc1ccccc1N(C)C(=O)c1ccccc1NC(=O)c1ccccc1-c1ccccc1C. The predicted molar refractivity (Wildman–Crippen MR) is 165 cm³/mol. The maximum Gasteiger partial charge on any atom is 0.306 e. The Morgan fingerprint density at radius 2 is 1.40 bits per heavy atom. The van der Waals surface area contributed by atoms with Crippen LogP contribution in [0.15, 0.2) is 97.1 Å². The minimum absolute atomic E-state index is 0.276. The third-order valence-corrected chi connectivity index (χ3v) is 6.81. The van der Waals surface area contributed by atoms with Gasteiger partial charge in [0.25, 0.3) is 11.8 Å². The Bertz CT molecular complexity index is 1550. The monoisotopic (exact) mass is 565 g/mol. The van der Waals surface area contributed by atoms with E-state index in [2.05, 4.69) is 15.4 Å². The second kappa shape index (κ2) is 14.6. The molecule has 0 aliphatic rings. The van der Waals surface area contributed by atoms with E-state index in [0.29, 0.717) is 47.9 Å². The van der Waals surface area contributed by atoms with Gasteiger partial charge in [0.2, 0.25) is 0 Å². The van der Waals surface area contributed by atoms with Crippen molar-refractivity contribution in [1.82, 2.24) is 5.32 Å². The highest BCUT2D eigenvalue weighted by Crippen LogP contribution is 2.31. The fourth-order valence-corrected chi connectivity index (χ4v) is 4.56. The highest BCUT2D eigenvalue weighted by Gasteiger charge is 2.22. The van der Waals surface area contributed by atoms with Crippen molar-refractivity contribution < 1.29 is 23.9 Å². The molecule has 4 aromatic carbocycles. The lowest BCUT2D eigenvalue weighted by molar-refractivity contribution is -0.140. The summed E-state index contributed by atoms with van der Waals surface area (Å²) in [6.07, 6.45) is 0.276. The number of nitrogens with one attached hydrogen (secondary N) is 2. The molecule has 0 unspecified atom stereocenters. The molecular formula is C34H35N3O5. The number of carbonyl (C=O) groups is 3. The fourth-order valence-electron chi connectivity index (χ4n) is 4.56. The summed E-state index contributed by atoms with van der Waals surface area (Å²) in [5.41, 5.74) is 4.72. The Morgan fingerprint density at radius 1 is 0.762 bits per heavy atom. The fraction of sp³-hybridized carbons (Fsp3) is 0.206. The lowest BCUT2D eigenvalue weighted by Gasteiger charge is -2.22. The van der Waals surface area contributed by atoms with Crippen LogP contribution in [0.1, 0.15) is 32.7 Å². The third-order valence-electron chi connectivity index (χ3n) is 6.81. The largest absolute Gasteiger partial charge is 0.490 e. The van der Waals surface area contributed by atoms with E-state index in [4.69, 9.17) is 4.74 Å². The van der Waals surface area contributed by atoms with Gasteiger partial charge in [0.15, 0.2) is 0 Å². The molecule has 8 nitrogen and oxygen atoms in total. The number of hydrogen-bond acceptors (Lipinski definition) is 6. The number of benzene rings is 4. The quantitative estimate of drug-likeness (QED) is 0.168. The van der Waals surface area contributed by atoms with Crippen LogP contribution in [-0.2, 0) is 9.53 Å². The number of para-hydroxylation sites is 3. The third kappa shape index (κ3) is 7.41. The molecule has 0 fully saturated rings. The summed E-state index contributed by atoms with van der Waals surface area (Å²) in [6.45, 7) is 3.35. The molecule has 0 bridgehead atoms. The summed E-state index contributed by atoms with van der Waals surface area (Å²) in [4.78, 5) is 40.0. The molecule has 8 heteroatoms. The van der Waals surface area contributed by atoms with Crippen LogP contribution in [-0.4, -0.2) is 51.6 Å². The van der Waals surface area contributed by atoms with Crippen LogP contribution in [0.3, 0.4) is 0 Å². The summed E-state index contributed by atoms with van der Waals surface area (Å²) in [6, 6.07) is 29.6. The first kappa shape index (κ1) is 30.0. The van der Waals surface area contributed by atoms with Crippen molar-refractivity contribution >= 4 is 29.2 Å². The molecule has 4 aromatic rings. The van der Waals surface area contributed by atoms with Gasteiger partial charge >= 0.3 is 5.97 Å². The summed E-state index contributed by atoms with van der Waals surface area (Å²) >= 11 is 0. The lowest BCUT2D eigenvalue weighted by Crippen LogP contribution is -2.29. The Kier molecular flexibility index (Phi) is 10.4. The Balaban J connectivity index is 1.49. The summed E-state index contributed by atoms with van der Waals surface area (Å²) < 4.78 is 10.6. The molecule has 0 radical (unpaired) electrons. The number of nitrogens with zero attached hydrogens (tertiary/aromatic N) is 1. The van der Waals surface area contributed by atoms with Crippen molar-refractivity contribution in [3.63, 3.8) is 0 Å². The molecule has 0 heterocycles. The first-order valence-corrected chi connectivity index (χ1v) is 13.7. The van der Waals surface area contributed by atoms with E-state index in [-0.39, 0.29) is 24.2 Å². The number of methoxy groups -OCH3 is 1. The van der Waals surface area contributed by atoms with Gasteiger partial charge < -0.3 is 25.0 Å². The highest BCUT2D eigenvalue weighted by atomic mass is 16.5. The van der Waals surface area contributed by atoms with Crippen LogP contribution in [0, 0.1) is 6.92 Å². The smallest absolute Gasteiger partial charge is 0.306 e. The van der Waals surface area contributed by atoms with Gasteiger partial charge in [-0.15, -0.1) is 0 Å². The van der Waals surface area contributed by atoms with E-state index in [0.717, 1.165) is 16.7 Å². The van der Waals surface area contributed by atoms with Gasteiger partial charge in [0.1, 0.15) is 12.4 Å². The van der Waals surface area contributed by atoms with Crippen LogP contribution in [0.5, 0.6) is 5.75 Å². The maximum absolute atomic E-state index is 13.7. The van der Waals surface area contributed by atoms with Crippen LogP contribution < -0.4 is 20.3 Å². The number of esters is 1. The normalized spacial score (nSPS) is 10.5. The van der Waals surface area contributed by atoms with Gasteiger partial charge in [-0.3, -0.25) is 14.4 Å². The minimum Gasteiger partial charge on any atom is -0.490 e. The highest BCUT2D eigenvalue weighted by molar-refractivity contribution is 6.15. The molecule has 0 aliphatic carbocycles. The van der Waals surface area contributed by atoms with Crippen molar-refractivity contribution in [2.24, 2.45) is 0 Å². The van der Waals surface area contributed by atoms with E-state index in [1.54, 1.807) is 49.5 Å². The summed E-state index contributed by atoms with van der Waals surface area (Å²) in [5, 5.41) is 6.09. The predicted octanol–water partition coefficient (Wildman–Crippen LogP) is 5.72. The van der Waals surface area contributed by atoms with E-state index in [1.165, 1.54) is 12.0 Å². The number of amides is 2. The van der Waals surface area contributed by atoms with Gasteiger partial charge in [-0.1, -0.05) is 66.7 Å². The van der Waals surface area contributed by atoms with Gasteiger partial charge in [-0.25, -0.2) is 0 Å². The van der Waals surface area contributed by atoms with Crippen molar-refractivity contribution in [2.45, 2.75) is 13.3 Å². The molecule has 2 N–H and O–H groups in total. The second-order valence-corrected chi connectivity index (χ2v) is 9.62. The minimum atomic E-state index is -0.305. The molecule has 2 amide bonds. The van der Waals surface area contributed by atoms with E-state index >= 15 is 0 Å². The maximum atomic E-state index is 13.7. The molecule has 0 atom stereocenters. The molecule has 216 valence electrons. The lowest BCUT2D eigenvalue weighted by atomic mass is 9.95. The molecule has 0 saturated heterocycles. The van der Waals surface area contributed by atoms with Gasteiger partial charge in [-0.2, -0.15) is 0 Å². The molecule has 4 rings (SSSR count). The number of carbonyl (C=O) groups excluding carboxylic acids is 3. The van der Waals surface area contributed by atoms with E-state index in [9.17, 15) is 14.4 Å². The first-order chi connectivity index (χ1) is 20.4. The Labute approximate surface area is 246 Å². The zero-order valence-corrected chi connectivity index (χ0v) is 24.1. The molecular weight excluding hydrogens is 530 g/mol. The number of ether oxygens (including phenoxy) is 2. The van der Waals surface area contributed by atoms with Gasteiger partial charge in [0.05, 0.1) is 30.5 Å². The Hall–Kier alpha value is -4.95. The van der Waals surface area contributed by atoms with Crippen LogP contribution in [0.4, 0.5) is 11.4 Å². The Morgan fingerprint density at radius 3 is 2.17 bits per heavy atom. The first-order valence-electron chi connectivity index (χ1n) is 13.7. The second-order valence-electron chi connectivity index (χ2n) is 9.62. The average molecular weight is 566 g/mol. The van der Waals surface area contributed by atoms with Crippen LogP contribution in [0.25, 0.3) is 11.1 Å². The zero-order chi connectivity index (χ0) is 29.9. The average Bonchev–Trinajstić information content (AvgIpc) is 3.02. The topological polar surface area (TPSA) is 97.0 Å². The summed E-state index contributed by atoms with van der Waals surface area (Å²) in [5.74, 6) is -0.344. The molecule has 0 aromatic heterocycles. The number of rotatable bonds is 12. The number of aryl methyl sites for hydroxylation is 1. The van der Waals surface area contributed by atoms with E-state index in [1.807, 2.05) is 61.5 Å². The van der Waals surface area contributed by atoms with Gasteiger partial charge in [-0.05, 0) is 53.9 Å². The van der Waals surface area contributed by atoms with Crippen molar-refractivity contribution in [3.8, 4) is 16.9 Å². The number of anilines is 2. The van der Waals surface area contributed by atoms with Crippen LogP contribution in [0.2, 0.25) is 0 Å². The molecule has 0 aliphatic heterocycles. The van der Waals surface area contributed by atoms with Crippen molar-refractivity contribution in [1.29, 1.82) is 0 Å². The van der Waals surface area contributed by atoms with Gasteiger partial charge in [0, 0.05) is 25.7 Å². The number of hydrogen-bond donors (Lipinski definition) is 2. The van der Waals surface area contributed by atoms with Crippen molar-refractivity contribution in [2.75, 3.05) is 44.1 Å². The molecule has 0 spiro atoms. The summed E-state index contributed by atoms with van der Waals surface area (Å²) in [7, 11) is 3.03. The van der Waals surface area contributed by atoms with Crippen molar-refractivity contribution in [3.05, 3.63) is 114 Å².